The van der Waals surface area contributed by atoms with Gasteiger partial charge in [0.1, 0.15) is 5.69 Å². The highest BCUT2D eigenvalue weighted by Crippen LogP contribution is 2.21. The summed E-state index contributed by atoms with van der Waals surface area (Å²) in [6.07, 6.45) is 1.58. The lowest BCUT2D eigenvalue weighted by Gasteiger charge is -2.09. The zero-order valence-electron chi connectivity index (χ0n) is 13.0. The average molecular weight is 312 g/mol. The Balaban J connectivity index is 1.89. The number of fused-ring (bicyclic) bond motifs is 1. The smallest absolute Gasteiger partial charge is 0.338 e. The van der Waals surface area contributed by atoms with Gasteiger partial charge < -0.3 is 19.0 Å². The van der Waals surface area contributed by atoms with Crippen LogP contribution in [0.15, 0.2) is 41.0 Å². The van der Waals surface area contributed by atoms with E-state index in [4.69, 9.17) is 9.15 Å². The van der Waals surface area contributed by atoms with E-state index in [2.05, 4.69) is 5.32 Å². The van der Waals surface area contributed by atoms with Crippen LogP contribution in [0.3, 0.4) is 0 Å². The lowest BCUT2D eigenvalue weighted by atomic mass is 10.1. The standard InChI is InChI=1S/C17H16N2O4/c1-10-4-5-11(8-12(10)17(21)22-3)18-16(20)14-9-15-13(19(14)2)6-7-23-15/h4-9H,1-3H3,(H,18,20). The van der Waals surface area contributed by atoms with Crippen LogP contribution in [0.1, 0.15) is 26.4 Å². The lowest BCUT2D eigenvalue weighted by Crippen LogP contribution is -2.16. The van der Waals surface area contributed by atoms with E-state index in [1.807, 2.05) is 6.92 Å². The van der Waals surface area contributed by atoms with Gasteiger partial charge in [-0.3, -0.25) is 4.79 Å². The van der Waals surface area contributed by atoms with Crippen LogP contribution in [0.2, 0.25) is 0 Å². The predicted octanol–water partition coefficient (Wildman–Crippen LogP) is 3.12. The van der Waals surface area contributed by atoms with Crippen LogP contribution in [-0.4, -0.2) is 23.6 Å². The minimum atomic E-state index is -0.435. The van der Waals surface area contributed by atoms with Gasteiger partial charge in [0, 0.05) is 24.9 Å². The van der Waals surface area contributed by atoms with Gasteiger partial charge in [-0.15, -0.1) is 0 Å². The number of amides is 1. The molecule has 6 nitrogen and oxygen atoms in total. The molecule has 23 heavy (non-hydrogen) atoms. The Morgan fingerprint density at radius 3 is 2.70 bits per heavy atom. The van der Waals surface area contributed by atoms with Crippen molar-refractivity contribution >= 4 is 28.7 Å². The third kappa shape index (κ3) is 2.59. The molecule has 0 aliphatic carbocycles. The van der Waals surface area contributed by atoms with Crippen molar-refractivity contribution in [2.45, 2.75) is 6.92 Å². The fourth-order valence-electron chi connectivity index (χ4n) is 2.49. The second-order valence-corrected chi connectivity index (χ2v) is 5.23. The maximum atomic E-state index is 12.4. The Bertz CT molecular complexity index is 905. The summed E-state index contributed by atoms with van der Waals surface area (Å²) in [6, 6.07) is 8.59. The SMILES string of the molecule is COC(=O)c1cc(NC(=O)c2cc3occc3n2C)ccc1C. The van der Waals surface area contributed by atoms with Crippen molar-refractivity contribution in [3.63, 3.8) is 0 Å². The van der Waals surface area contributed by atoms with Gasteiger partial charge in [0.15, 0.2) is 5.58 Å². The normalized spacial score (nSPS) is 10.7. The number of aromatic nitrogens is 1. The molecule has 1 N–H and O–H groups in total. The molecule has 1 amide bonds. The van der Waals surface area contributed by atoms with E-state index in [1.54, 1.807) is 48.2 Å². The molecule has 0 radical (unpaired) electrons. The number of rotatable bonds is 3. The highest BCUT2D eigenvalue weighted by Gasteiger charge is 2.16. The minimum Gasteiger partial charge on any atom is -0.465 e. The third-order valence-electron chi connectivity index (χ3n) is 3.80. The van der Waals surface area contributed by atoms with Crippen LogP contribution >= 0.6 is 0 Å². The first-order valence-electron chi connectivity index (χ1n) is 7.04. The van der Waals surface area contributed by atoms with Crippen LogP contribution in [-0.2, 0) is 11.8 Å². The highest BCUT2D eigenvalue weighted by atomic mass is 16.5. The monoisotopic (exact) mass is 312 g/mol. The maximum Gasteiger partial charge on any atom is 0.338 e. The molecule has 0 unspecified atom stereocenters. The Morgan fingerprint density at radius 2 is 2.00 bits per heavy atom. The van der Waals surface area contributed by atoms with Crippen LogP contribution in [0.25, 0.3) is 11.1 Å². The number of methoxy groups -OCH3 is 1. The first kappa shape index (κ1) is 14.9. The molecule has 2 heterocycles. The predicted molar refractivity (Wildman–Crippen MR) is 85.7 cm³/mol. The van der Waals surface area contributed by atoms with E-state index >= 15 is 0 Å². The fourth-order valence-corrected chi connectivity index (χ4v) is 2.49. The molecule has 0 aliphatic heterocycles. The average Bonchev–Trinajstić information content (AvgIpc) is 3.11. The zero-order chi connectivity index (χ0) is 16.6. The number of hydrogen-bond acceptors (Lipinski definition) is 4. The summed E-state index contributed by atoms with van der Waals surface area (Å²) in [5, 5.41) is 2.79. The Kier molecular flexibility index (Phi) is 3.65. The largest absolute Gasteiger partial charge is 0.465 e. The van der Waals surface area contributed by atoms with Crippen LogP contribution in [0, 0.1) is 6.92 Å². The number of hydrogen-bond donors (Lipinski definition) is 1. The molecule has 0 saturated heterocycles. The number of aryl methyl sites for hydroxylation is 2. The molecule has 0 aliphatic rings. The third-order valence-corrected chi connectivity index (χ3v) is 3.80. The summed E-state index contributed by atoms with van der Waals surface area (Å²) in [5.41, 5.74) is 3.70. The molecule has 3 rings (SSSR count). The van der Waals surface area contributed by atoms with Gasteiger partial charge in [-0.05, 0) is 24.6 Å². The van der Waals surface area contributed by atoms with Crippen molar-refractivity contribution in [1.82, 2.24) is 4.57 Å². The summed E-state index contributed by atoms with van der Waals surface area (Å²) < 4.78 is 11.8. The van der Waals surface area contributed by atoms with Crippen LogP contribution in [0.4, 0.5) is 5.69 Å². The fraction of sp³-hybridized carbons (Fsp3) is 0.176. The summed E-state index contributed by atoms with van der Waals surface area (Å²) >= 11 is 0. The Labute approximate surface area is 132 Å². The van der Waals surface area contributed by atoms with Crippen LogP contribution in [0.5, 0.6) is 0 Å². The van der Waals surface area contributed by atoms with Gasteiger partial charge in [-0.25, -0.2) is 4.79 Å². The number of anilines is 1. The summed E-state index contributed by atoms with van der Waals surface area (Å²) in [6.45, 7) is 1.81. The topological polar surface area (TPSA) is 73.5 Å². The molecule has 0 bridgehead atoms. The Hall–Kier alpha value is -3.02. The van der Waals surface area contributed by atoms with Crippen molar-refractivity contribution in [1.29, 1.82) is 0 Å². The molecule has 3 aromatic rings. The number of carbonyl (C=O) groups excluding carboxylic acids is 2. The summed E-state index contributed by atoms with van der Waals surface area (Å²) in [4.78, 5) is 24.2. The molecule has 0 fully saturated rings. The molecular formula is C17H16N2O4. The van der Waals surface area contributed by atoms with Gasteiger partial charge in [0.05, 0.1) is 24.5 Å². The molecule has 0 saturated carbocycles. The van der Waals surface area contributed by atoms with E-state index < -0.39 is 5.97 Å². The number of esters is 1. The van der Waals surface area contributed by atoms with Gasteiger partial charge in [-0.2, -0.15) is 0 Å². The zero-order valence-corrected chi connectivity index (χ0v) is 13.0. The highest BCUT2D eigenvalue weighted by molar-refractivity contribution is 6.06. The number of nitrogens with zero attached hydrogens (tertiary/aromatic N) is 1. The number of carbonyl (C=O) groups is 2. The van der Waals surface area contributed by atoms with E-state index in [0.717, 1.165) is 11.1 Å². The minimum absolute atomic E-state index is 0.279. The van der Waals surface area contributed by atoms with Gasteiger partial charge in [-0.1, -0.05) is 6.07 Å². The van der Waals surface area contributed by atoms with Crippen molar-refractivity contribution in [2.24, 2.45) is 7.05 Å². The second-order valence-electron chi connectivity index (χ2n) is 5.23. The van der Waals surface area contributed by atoms with Gasteiger partial charge >= 0.3 is 5.97 Å². The van der Waals surface area contributed by atoms with E-state index in [-0.39, 0.29) is 5.91 Å². The second kappa shape index (κ2) is 5.64. The lowest BCUT2D eigenvalue weighted by molar-refractivity contribution is 0.0599. The first-order valence-corrected chi connectivity index (χ1v) is 7.04. The van der Waals surface area contributed by atoms with Gasteiger partial charge in [0.2, 0.25) is 0 Å². The molecule has 0 spiro atoms. The maximum absolute atomic E-state index is 12.4. The van der Waals surface area contributed by atoms with Crippen molar-refractivity contribution in [3.8, 4) is 0 Å². The number of nitrogens with one attached hydrogen (secondary N) is 1. The summed E-state index contributed by atoms with van der Waals surface area (Å²) in [5.74, 6) is -0.714. The van der Waals surface area contributed by atoms with Crippen LogP contribution < -0.4 is 5.32 Å². The molecule has 6 heteroatoms. The number of furan rings is 1. The summed E-state index contributed by atoms with van der Waals surface area (Å²) in [7, 11) is 3.12. The molecule has 2 aromatic heterocycles. The molecule has 118 valence electrons. The van der Waals surface area contributed by atoms with Crippen molar-refractivity contribution in [3.05, 3.63) is 53.4 Å². The molecule has 0 atom stereocenters. The quantitative estimate of drug-likeness (QED) is 0.754. The molecule has 1 aromatic carbocycles. The first-order chi connectivity index (χ1) is 11.0. The number of ether oxygens (including phenoxy) is 1. The van der Waals surface area contributed by atoms with Crippen molar-refractivity contribution in [2.75, 3.05) is 12.4 Å². The van der Waals surface area contributed by atoms with Gasteiger partial charge in [0.25, 0.3) is 5.91 Å². The number of benzene rings is 1. The molecular weight excluding hydrogens is 296 g/mol. The Morgan fingerprint density at radius 1 is 1.22 bits per heavy atom. The van der Waals surface area contributed by atoms with E-state index in [1.165, 1.54) is 7.11 Å². The van der Waals surface area contributed by atoms with E-state index in [0.29, 0.717) is 22.5 Å². The van der Waals surface area contributed by atoms with Crippen molar-refractivity contribution < 1.29 is 18.7 Å². The van der Waals surface area contributed by atoms with E-state index in [9.17, 15) is 9.59 Å².